The lowest BCUT2D eigenvalue weighted by Gasteiger charge is -1.82. The molecule has 0 aromatic heterocycles. The Morgan fingerprint density at radius 3 is 2.33 bits per heavy atom. The van der Waals surface area contributed by atoms with Crippen LogP contribution in [0.25, 0.3) is 0 Å². The molecule has 6 heavy (non-hydrogen) atoms. The Kier molecular flexibility index (Phi) is 4.73. The van der Waals surface area contributed by atoms with Gasteiger partial charge in [0.15, 0.2) is 23.0 Å². The van der Waals surface area contributed by atoms with Gasteiger partial charge in [0.1, 0.15) is 0 Å². The lowest BCUT2D eigenvalue weighted by molar-refractivity contribution is -0.128. The van der Waals surface area contributed by atoms with Crippen LogP contribution in [0.2, 0.25) is 0 Å². The first-order chi connectivity index (χ1) is 2.81. The Morgan fingerprint density at radius 2 is 2.33 bits per heavy atom. The average molecular weight is 312 g/mol. The normalized spacial score (nSPS) is 7.67. The largest absolute Gasteiger partial charge is 0.394 e. The molecule has 0 unspecified atom stereocenters. The van der Waals surface area contributed by atoms with Crippen molar-refractivity contribution < 1.29 is 7.86 Å². The quantitative estimate of drug-likeness (QED) is 0.539. The maximum absolute atomic E-state index is 9.94. The average Bonchev–Trinajstić information content (AvgIpc) is 1.65. The Morgan fingerprint density at radius 1 is 1.83 bits per heavy atom. The standard InChI is InChI=1S/C2H2I2O2/c3-1-2(5)6-4/h1H2. The zero-order valence-electron chi connectivity index (χ0n) is 2.78. The van der Waals surface area contributed by atoms with Crippen LogP contribution in [-0.4, -0.2) is 10.4 Å². The van der Waals surface area contributed by atoms with Gasteiger partial charge in [-0.3, -0.25) is 4.79 Å². The van der Waals surface area contributed by atoms with E-state index in [0.29, 0.717) is 4.43 Å². The molecule has 0 bridgehead atoms. The number of alkyl halides is 1. The molecule has 0 aromatic carbocycles. The number of carbonyl (C=O) groups is 1. The number of carbonyl (C=O) groups excluding carboxylic acids is 1. The first-order valence-electron chi connectivity index (χ1n) is 1.18. The summed E-state index contributed by atoms with van der Waals surface area (Å²) in [5.41, 5.74) is 0. The zero-order valence-corrected chi connectivity index (χ0v) is 7.09. The van der Waals surface area contributed by atoms with Gasteiger partial charge in [-0.2, -0.15) is 0 Å². The van der Waals surface area contributed by atoms with Crippen molar-refractivity contribution in [2.45, 2.75) is 0 Å². The highest BCUT2D eigenvalue weighted by atomic mass is 127. The van der Waals surface area contributed by atoms with Crippen LogP contribution in [0.3, 0.4) is 0 Å². The number of hydrogen-bond donors (Lipinski definition) is 0. The topological polar surface area (TPSA) is 26.3 Å². The van der Waals surface area contributed by atoms with E-state index in [1.165, 1.54) is 0 Å². The maximum Gasteiger partial charge on any atom is 0.325 e. The summed E-state index contributed by atoms with van der Waals surface area (Å²) in [6, 6.07) is 0. The highest BCUT2D eigenvalue weighted by Crippen LogP contribution is 1.90. The van der Waals surface area contributed by atoms with E-state index in [9.17, 15) is 4.79 Å². The molecule has 0 fully saturated rings. The first-order valence-corrected chi connectivity index (χ1v) is 3.59. The van der Waals surface area contributed by atoms with E-state index in [0.717, 1.165) is 0 Å². The highest BCUT2D eigenvalue weighted by molar-refractivity contribution is 14.1. The number of halogens is 2. The lowest BCUT2D eigenvalue weighted by atomic mass is 10.9. The van der Waals surface area contributed by atoms with Crippen molar-refractivity contribution in [3.05, 3.63) is 0 Å². The van der Waals surface area contributed by atoms with Crippen LogP contribution < -0.4 is 0 Å². The molecular formula is C2H2I2O2. The van der Waals surface area contributed by atoms with Crippen LogP contribution in [0.15, 0.2) is 0 Å². The second kappa shape index (κ2) is 4.10. The van der Waals surface area contributed by atoms with E-state index in [-0.39, 0.29) is 5.97 Å². The molecule has 0 rings (SSSR count). The van der Waals surface area contributed by atoms with Crippen molar-refractivity contribution in [1.82, 2.24) is 0 Å². The van der Waals surface area contributed by atoms with E-state index in [1.54, 1.807) is 23.0 Å². The molecule has 0 saturated carbocycles. The summed E-state index contributed by atoms with van der Waals surface area (Å²) in [7, 11) is 0. The third-order valence-electron chi connectivity index (χ3n) is 0.195. The first kappa shape index (κ1) is 6.93. The Hall–Kier alpha value is 0.930. The van der Waals surface area contributed by atoms with Gasteiger partial charge in [0.2, 0.25) is 0 Å². The molecule has 2 nitrogen and oxygen atoms in total. The third-order valence-corrected chi connectivity index (χ3v) is 1.31. The molecule has 36 valence electrons. The number of rotatable bonds is 1. The third kappa shape index (κ3) is 3.13. The summed E-state index contributed by atoms with van der Waals surface area (Å²) in [5, 5.41) is 0. The van der Waals surface area contributed by atoms with Gasteiger partial charge >= 0.3 is 5.97 Å². The molecule has 0 aliphatic carbocycles. The van der Waals surface area contributed by atoms with E-state index >= 15 is 0 Å². The fraction of sp³-hybridized carbons (Fsp3) is 0.500. The molecule has 0 heterocycles. The fourth-order valence-electron chi connectivity index (χ4n) is 0.0206. The molecular weight excluding hydrogens is 310 g/mol. The van der Waals surface area contributed by atoms with Gasteiger partial charge in [-0.05, 0) is 0 Å². The van der Waals surface area contributed by atoms with Crippen molar-refractivity contribution in [3.8, 4) is 0 Å². The van der Waals surface area contributed by atoms with Gasteiger partial charge in [0.25, 0.3) is 0 Å². The van der Waals surface area contributed by atoms with Crippen molar-refractivity contribution in [3.63, 3.8) is 0 Å². The summed E-state index contributed by atoms with van der Waals surface area (Å²) in [6.45, 7) is 0. The van der Waals surface area contributed by atoms with Crippen molar-refractivity contribution in [1.29, 1.82) is 0 Å². The van der Waals surface area contributed by atoms with Crippen LogP contribution >= 0.6 is 45.6 Å². The van der Waals surface area contributed by atoms with E-state index in [1.807, 2.05) is 22.6 Å². The van der Waals surface area contributed by atoms with E-state index in [2.05, 4.69) is 3.07 Å². The molecule has 0 N–H and O–H groups in total. The van der Waals surface area contributed by atoms with Crippen LogP contribution in [0, 0.1) is 0 Å². The van der Waals surface area contributed by atoms with Crippen molar-refractivity contribution >= 4 is 51.6 Å². The van der Waals surface area contributed by atoms with E-state index < -0.39 is 0 Å². The van der Waals surface area contributed by atoms with Gasteiger partial charge in [0, 0.05) is 0 Å². The molecule has 0 atom stereocenters. The molecule has 0 aliphatic heterocycles. The van der Waals surface area contributed by atoms with Gasteiger partial charge in [-0.15, -0.1) is 0 Å². The van der Waals surface area contributed by atoms with Gasteiger partial charge in [-0.1, -0.05) is 22.6 Å². The molecule has 4 heteroatoms. The minimum atomic E-state index is -0.184. The molecule has 0 spiro atoms. The SMILES string of the molecule is O=C(CI)OI. The van der Waals surface area contributed by atoms with Crippen molar-refractivity contribution in [2.75, 3.05) is 4.43 Å². The van der Waals surface area contributed by atoms with Crippen LogP contribution in [0.5, 0.6) is 0 Å². The summed E-state index contributed by atoms with van der Waals surface area (Å²) in [5.74, 6) is -0.184. The van der Waals surface area contributed by atoms with E-state index in [4.69, 9.17) is 0 Å². The molecule has 0 aromatic rings. The second-order valence-corrected chi connectivity index (χ2v) is 1.79. The van der Waals surface area contributed by atoms with Crippen LogP contribution in [0.1, 0.15) is 0 Å². The van der Waals surface area contributed by atoms with Crippen LogP contribution in [0.4, 0.5) is 0 Å². The molecule has 0 amide bonds. The second-order valence-electron chi connectivity index (χ2n) is 0.583. The summed E-state index contributed by atoms with van der Waals surface area (Å²) in [4.78, 5) is 9.94. The van der Waals surface area contributed by atoms with Gasteiger partial charge < -0.3 is 3.07 Å². The molecule has 0 aliphatic rings. The van der Waals surface area contributed by atoms with Gasteiger partial charge in [-0.25, -0.2) is 0 Å². The summed E-state index contributed by atoms with van der Waals surface area (Å²) < 4.78 is 4.65. The minimum Gasteiger partial charge on any atom is -0.394 e. The monoisotopic (exact) mass is 312 g/mol. The fourth-order valence-corrected chi connectivity index (χ4v) is 0.928. The zero-order chi connectivity index (χ0) is 4.99. The summed E-state index contributed by atoms with van der Waals surface area (Å²) in [6.07, 6.45) is 0. The predicted octanol–water partition coefficient (Wildman–Crippen LogP) is 1.31. The Balaban J connectivity index is 2.99. The van der Waals surface area contributed by atoms with Crippen molar-refractivity contribution in [2.24, 2.45) is 0 Å². The summed E-state index contributed by atoms with van der Waals surface area (Å²) >= 11 is 3.49. The molecule has 0 saturated heterocycles. The maximum atomic E-state index is 9.94. The highest BCUT2D eigenvalue weighted by Gasteiger charge is 1.91. The Bertz CT molecular complexity index is 47.5. The van der Waals surface area contributed by atoms with Gasteiger partial charge in [0.05, 0.1) is 4.43 Å². The number of hydrogen-bond acceptors (Lipinski definition) is 2. The Labute approximate surface area is 63.5 Å². The minimum absolute atomic E-state index is 0.184. The smallest absolute Gasteiger partial charge is 0.325 e. The van der Waals surface area contributed by atoms with Crippen LogP contribution in [-0.2, 0) is 7.86 Å². The lowest BCUT2D eigenvalue weighted by Crippen LogP contribution is -1.94. The molecule has 0 radical (unpaired) electrons. The predicted molar refractivity (Wildman–Crippen MR) is 39.0 cm³/mol.